The Balaban J connectivity index is 1.15. The molecule has 0 unspecified atom stereocenters. The molecule has 0 atom stereocenters. The maximum atomic E-state index is 7.24. The molecule has 2 aliphatic carbocycles. The number of hydrogen-bond acceptors (Lipinski definition) is 2. The first kappa shape index (κ1) is 34.0. The van der Waals surface area contributed by atoms with Crippen LogP contribution in [0.3, 0.4) is 0 Å². The fourth-order valence-electron chi connectivity index (χ4n) is 10.9. The van der Waals surface area contributed by atoms with E-state index in [1.54, 1.807) is 0 Å². The van der Waals surface area contributed by atoms with Crippen molar-refractivity contribution in [3.63, 3.8) is 0 Å². The van der Waals surface area contributed by atoms with Crippen molar-refractivity contribution in [3.8, 4) is 44.5 Å². The summed E-state index contributed by atoms with van der Waals surface area (Å²) >= 11 is 0. The molecule has 0 aliphatic heterocycles. The second-order valence-electron chi connectivity index (χ2n) is 16.3. The monoisotopic (exact) mass is 775 g/mol. The molecule has 2 aliphatic rings. The summed E-state index contributed by atoms with van der Waals surface area (Å²) in [5, 5.41) is 4.61. The van der Waals surface area contributed by atoms with Gasteiger partial charge in [0.15, 0.2) is 5.58 Å². The zero-order chi connectivity index (χ0) is 40.1. The van der Waals surface area contributed by atoms with Gasteiger partial charge in [-0.2, -0.15) is 0 Å². The maximum absolute atomic E-state index is 7.24. The van der Waals surface area contributed by atoms with Gasteiger partial charge in [0.2, 0.25) is 0 Å². The molecule has 10 aromatic carbocycles. The molecule has 1 heterocycles. The lowest BCUT2D eigenvalue weighted by Crippen LogP contribution is -2.26. The molecule has 2 nitrogen and oxygen atoms in total. The number of rotatable bonds is 5. The number of hydrogen-bond donors (Lipinski definition) is 0. The molecule has 0 radical (unpaired) electrons. The number of fused-ring (bicyclic) bond motifs is 14. The first-order valence-electron chi connectivity index (χ1n) is 21.1. The van der Waals surface area contributed by atoms with Crippen molar-refractivity contribution in [2.75, 3.05) is 4.90 Å². The summed E-state index contributed by atoms with van der Waals surface area (Å²) in [6, 6.07) is 82.1. The summed E-state index contributed by atoms with van der Waals surface area (Å²) < 4.78 is 7.24. The van der Waals surface area contributed by atoms with Crippen molar-refractivity contribution in [2.45, 2.75) is 5.41 Å². The molecule has 13 rings (SSSR count). The molecule has 61 heavy (non-hydrogen) atoms. The van der Waals surface area contributed by atoms with E-state index in [1.165, 1.54) is 60.8 Å². The molecule has 0 amide bonds. The van der Waals surface area contributed by atoms with Crippen LogP contribution in [0.25, 0.3) is 77.2 Å². The first-order chi connectivity index (χ1) is 30.3. The highest BCUT2D eigenvalue weighted by Crippen LogP contribution is 2.65. The van der Waals surface area contributed by atoms with Crippen molar-refractivity contribution in [1.29, 1.82) is 0 Å². The van der Waals surface area contributed by atoms with Gasteiger partial charge in [-0.3, -0.25) is 0 Å². The minimum Gasteiger partial charge on any atom is -0.453 e. The average molecular weight is 776 g/mol. The summed E-state index contributed by atoms with van der Waals surface area (Å²) in [5.41, 5.74) is 19.3. The smallest absolute Gasteiger partial charge is 0.159 e. The fourth-order valence-corrected chi connectivity index (χ4v) is 10.9. The Bertz CT molecular complexity index is 3510. The predicted octanol–water partition coefficient (Wildman–Crippen LogP) is 15.9. The zero-order valence-electron chi connectivity index (χ0n) is 33.2. The van der Waals surface area contributed by atoms with E-state index < -0.39 is 5.41 Å². The summed E-state index contributed by atoms with van der Waals surface area (Å²) in [4.78, 5) is 2.49. The van der Waals surface area contributed by atoms with Crippen LogP contribution in [0.15, 0.2) is 229 Å². The van der Waals surface area contributed by atoms with E-state index in [0.717, 1.165) is 55.7 Å². The third kappa shape index (κ3) is 4.67. The van der Waals surface area contributed by atoms with E-state index in [4.69, 9.17) is 4.42 Å². The Morgan fingerprint density at radius 3 is 1.56 bits per heavy atom. The van der Waals surface area contributed by atoms with Crippen LogP contribution in [-0.2, 0) is 5.41 Å². The average Bonchev–Trinajstić information content (AvgIpc) is 3.97. The van der Waals surface area contributed by atoms with Crippen LogP contribution in [-0.4, -0.2) is 0 Å². The minimum absolute atomic E-state index is 0.480. The normalized spacial score (nSPS) is 13.0. The Morgan fingerprint density at radius 1 is 0.295 bits per heavy atom. The zero-order valence-corrected chi connectivity index (χ0v) is 33.2. The van der Waals surface area contributed by atoms with Crippen LogP contribution < -0.4 is 4.90 Å². The summed E-state index contributed by atoms with van der Waals surface area (Å²) in [6.45, 7) is 0. The van der Waals surface area contributed by atoms with E-state index in [0.29, 0.717) is 0 Å². The molecular formula is C59H37NO. The van der Waals surface area contributed by atoms with Crippen LogP contribution in [0.5, 0.6) is 0 Å². The second kappa shape index (κ2) is 13.0. The third-order valence-corrected chi connectivity index (χ3v) is 13.3. The number of benzene rings is 10. The molecule has 11 aromatic rings. The number of furan rings is 1. The van der Waals surface area contributed by atoms with Crippen LogP contribution >= 0.6 is 0 Å². The first-order valence-corrected chi connectivity index (χ1v) is 21.1. The van der Waals surface area contributed by atoms with Crippen molar-refractivity contribution >= 4 is 49.8 Å². The van der Waals surface area contributed by atoms with E-state index in [2.05, 4.69) is 229 Å². The second-order valence-corrected chi connectivity index (χ2v) is 16.3. The molecule has 0 N–H and O–H groups in total. The maximum Gasteiger partial charge on any atom is 0.159 e. The highest BCUT2D eigenvalue weighted by atomic mass is 16.3. The van der Waals surface area contributed by atoms with Gasteiger partial charge in [0, 0.05) is 27.5 Å². The van der Waals surface area contributed by atoms with Crippen LogP contribution in [0, 0.1) is 0 Å². The Labute approximate surface area is 354 Å². The molecule has 0 fully saturated rings. The molecule has 1 spiro atoms. The Kier molecular flexibility index (Phi) is 7.26. The highest BCUT2D eigenvalue weighted by molar-refractivity contribution is 6.15. The quantitative estimate of drug-likeness (QED) is 0.173. The Morgan fingerprint density at radius 2 is 0.770 bits per heavy atom. The van der Waals surface area contributed by atoms with Gasteiger partial charge in [-0.05, 0) is 79.0 Å². The van der Waals surface area contributed by atoms with Crippen molar-refractivity contribution in [1.82, 2.24) is 0 Å². The lowest BCUT2D eigenvalue weighted by molar-refractivity contribution is 0.670. The molecule has 284 valence electrons. The van der Waals surface area contributed by atoms with Crippen LogP contribution in [0.4, 0.5) is 17.1 Å². The molecule has 2 heteroatoms. The fraction of sp³-hybridized carbons (Fsp3) is 0.0169. The number of para-hydroxylation sites is 3. The van der Waals surface area contributed by atoms with Crippen molar-refractivity contribution in [3.05, 3.63) is 247 Å². The third-order valence-electron chi connectivity index (χ3n) is 13.3. The topological polar surface area (TPSA) is 16.4 Å². The SMILES string of the molecule is c1ccc(-c2cccc3c2oc2c(N(c4ccccc4-c4cccc5ccccc45)c4cccc5c4-c4ccccc4C54c5ccccc5-c5ccccc54)cccc23)cc1. The van der Waals surface area contributed by atoms with E-state index in [-0.39, 0.29) is 0 Å². The predicted molar refractivity (Wildman–Crippen MR) is 253 cm³/mol. The largest absolute Gasteiger partial charge is 0.453 e. The van der Waals surface area contributed by atoms with Crippen molar-refractivity contribution < 1.29 is 4.42 Å². The van der Waals surface area contributed by atoms with Gasteiger partial charge >= 0.3 is 0 Å². The highest BCUT2D eigenvalue weighted by Gasteiger charge is 2.52. The van der Waals surface area contributed by atoms with Gasteiger partial charge in [-0.25, -0.2) is 0 Å². The number of anilines is 3. The molecular weight excluding hydrogens is 739 g/mol. The van der Waals surface area contributed by atoms with Gasteiger partial charge in [0.05, 0.1) is 22.5 Å². The summed E-state index contributed by atoms with van der Waals surface area (Å²) in [7, 11) is 0. The molecule has 0 saturated heterocycles. The van der Waals surface area contributed by atoms with Crippen molar-refractivity contribution in [2.24, 2.45) is 0 Å². The molecule has 0 bridgehead atoms. The lowest BCUT2D eigenvalue weighted by Gasteiger charge is -2.32. The molecule has 0 saturated carbocycles. The van der Waals surface area contributed by atoms with Gasteiger partial charge in [0.1, 0.15) is 5.58 Å². The Hall–Kier alpha value is -7.94. The van der Waals surface area contributed by atoms with Crippen LogP contribution in [0.2, 0.25) is 0 Å². The standard InChI is InChI=1S/C59H37NO/c1-2-18-39(19-3-1)41-27-15-29-46-47-30-16-37-55(58(47)61-57(41)46)60(53-35-13-9-25-45(53)42-28-14-21-38-20-4-5-22-40(38)42)54-36-17-34-52-56(54)48-26-8-12-33-51(48)59(52)49-31-10-6-23-43(49)44-24-7-11-32-50(44)59/h1-37H. The van der Waals surface area contributed by atoms with Gasteiger partial charge < -0.3 is 9.32 Å². The van der Waals surface area contributed by atoms with E-state index in [9.17, 15) is 0 Å². The number of nitrogens with zero attached hydrogens (tertiary/aromatic N) is 1. The van der Waals surface area contributed by atoms with E-state index >= 15 is 0 Å². The van der Waals surface area contributed by atoms with Gasteiger partial charge in [0.25, 0.3) is 0 Å². The summed E-state index contributed by atoms with van der Waals surface area (Å²) in [5.74, 6) is 0. The minimum atomic E-state index is -0.480. The van der Waals surface area contributed by atoms with Crippen LogP contribution in [0.1, 0.15) is 22.3 Å². The molecule has 1 aromatic heterocycles. The van der Waals surface area contributed by atoms with Gasteiger partial charge in [-0.1, -0.05) is 206 Å². The van der Waals surface area contributed by atoms with E-state index in [1.807, 2.05) is 0 Å². The summed E-state index contributed by atoms with van der Waals surface area (Å²) in [6.07, 6.45) is 0. The van der Waals surface area contributed by atoms with Gasteiger partial charge in [-0.15, -0.1) is 0 Å². The lowest BCUT2D eigenvalue weighted by atomic mass is 9.70.